The number of nitrogens with zero attached hydrogens (tertiary/aromatic N) is 2. The lowest BCUT2D eigenvalue weighted by atomic mass is 9.90. The second kappa shape index (κ2) is 7.58. The van der Waals surface area contributed by atoms with E-state index in [1.54, 1.807) is 6.92 Å². The predicted molar refractivity (Wildman–Crippen MR) is 77.1 cm³/mol. The van der Waals surface area contributed by atoms with Gasteiger partial charge in [-0.25, -0.2) is 0 Å². The fraction of sp³-hybridized carbons (Fsp3) is 0.857. The van der Waals surface area contributed by atoms with Crippen molar-refractivity contribution in [2.45, 2.75) is 32.4 Å². The summed E-state index contributed by atoms with van der Waals surface area (Å²) in [6, 6.07) is 2.16. The summed E-state index contributed by atoms with van der Waals surface area (Å²) in [6.07, 6.45) is 0.119. The number of rotatable bonds is 6. The molecule has 1 rings (SSSR count). The van der Waals surface area contributed by atoms with Crippen molar-refractivity contribution in [2.75, 3.05) is 39.8 Å². The average Bonchev–Trinajstić information content (AvgIpc) is 2.38. The van der Waals surface area contributed by atoms with Crippen LogP contribution in [0.4, 0.5) is 0 Å². The van der Waals surface area contributed by atoms with Crippen LogP contribution in [0, 0.1) is 17.2 Å². The first-order chi connectivity index (χ1) is 9.37. The number of hydrogen-bond donors (Lipinski definition) is 2. The Hall–Kier alpha value is -1.16. The van der Waals surface area contributed by atoms with Gasteiger partial charge < -0.3 is 20.3 Å². The van der Waals surface area contributed by atoms with Gasteiger partial charge in [0.1, 0.15) is 5.54 Å². The van der Waals surface area contributed by atoms with E-state index in [1.165, 1.54) is 0 Å². The van der Waals surface area contributed by atoms with E-state index in [0.717, 1.165) is 19.7 Å². The SMILES string of the molecule is CC(C)[C@](C)(C#N)NC(=O)CNC[C@@H]1CN(C)CCO1. The molecule has 0 bridgehead atoms. The van der Waals surface area contributed by atoms with Crippen LogP contribution in [0.5, 0.6) is 0 Å². The van der Waals surface area contributed by atoms with E-state index < -0.39 is 5.54 Å². The molecule has 1 aliphatic rings. The molecule has 1 saturated heterocycles. The molecule has 1 aliphatic heterocycles. The zero-order valence-electron chi connectivity index (χ0n) is 12.9. The first-order valence-corrected chi connectivity index (χ1v) is 7.10. The Morgan fingerprint density at radius 1 is 1.60 bits per heavy atom. The highest BCUT2D eigenvalue weighted by atomic mass is 16.5. The minimum Gasteiger partial charge on any atom is -0.374 e. The van der Waals surface area contributed by atoms with Gasteiger partial charge in [0.05, 0.1) is 25.3 Å². The van der Waals surface area contributed by atoms with Crippen LogP contribution in [0.2, 0.25) is 0 Å². The molecule has 0 aromatic rings. The van der Waals surface area contributed by atoms with Crippen LogP contribution in [0.15, 0.2) is 0 Å². The molecular weight excluding hydrogens is 256 g/mol. The number of nitrogens with one attached hydrogen (secondary N) is 2. The molecule has 6 nitrogen and oxygen atoms in total. The van der Waals surface area contributed by atoms with E-state index in [1.807, 2.05) is 13.8 Å². The van der Waals surface area contributed by atoms with Crippen LogP contribution in [0.3, 0.4) is 0 Å². The zero-order chi connectivity index (χ0) is 15.2. The molecule has 0 aromatic heterocycles. The van der Waals surface area contributed by atoms with E-state index in [9.17, 15) is 4.79 Å². The highest BCUT2D eigenvalue weighted by Gasteiger charge is 2.29. The molecule has 6 heteroatoms. The van der Waals surface area contributed by atoms with Crippen LogP contribution >= 0.6 is 0 Å². The summed E-state index contributed by atoms with van der Waals surface area (Å²) in [5, 5.41) is 15.0. The Morgan fingerprint density at radius 2 is 2.30 bits per heavy atom. The number of amides is 1. The smallest absolute Gasteiger partial charge is 0.235 e. The van der Waals surface area contributed by atoms with Gasteiger partial charge >= 0.3 is 0 Å². The van der Waals surface area contributed by atoms with E-state index >= 15 is 0 Å². The maximum Gasteiger partial charge on any atom is 0.235 e. The van der Waals surface area contributed by atoms with Crippen LogP contribution < -0.4 is 10.6 Å². The average molecular weight is 282 g/mol. The summed E-state index contributed by atoms with van der Waals surface area (Å²) >= 11 is 0. The van der Waals surface area contributed by atoms with Crippen molar-refractivity contribution in [3.05, 3.63) is 0 Å². The van der Waals surface area contributed by atoms with Gasteiger partial charge in [0.15, 0.2) is 0 Å². The Balaban J connectivity index is 2.28. The summed E-state index contributed by atoms with van der Waals surface area (Å²) < 4.78 is 5.60. The van der Waals surface area contributed by atoms with Gasteiger partial charge in [-0.3, -0.25) is 4.79 Å². The van der Waals surface area contributed by atoms with Gasteiger partial charge in [-0.1, -0.05) is 13.8 Å². The normalized spacial score (nSPS) is 23.1. The largest absolute Gasteiger partial charge is 0.374 e. The highest BCUT2D eigenvalue weighted by molar-refractivity contribution is 5.79. The van der Waals surface area contributed by atoms with Gasteiger partial charge in [-0.05, 0) is 19.9 Å². The Labute approximate surface area is 121 Å². The van der Waals surface area contributed by atoms with Crippen molar-refractivity contribution in [1.82, 2.24) is 15.5 Å². The van der Waals surface area contributed by atoms with Gasteiger partial charge in [0.25, 0.3) is 0 Å². The Kier molecular flexibility index (Phi) is 6.40. The molecule has 20 heavy (non-hydrogen) atoms. The molecule has 0 aromatic carbocycles. The monoisotopic (exact) mass is 282 g/mol. The van der Waals surface area contributed by atoms with Gasteiger partial charge in [0.2, 0.25) is 5.91 Å². The Morgan fingerprint density at radius 3 is 2.85 bits per heavy atom. The lowest BCUT2D eigenvalue weighted by molar-refractivity contribution is -0.122. The molecule has 0 saturated carbocycles. The predicted octanol–water partition coefficient (Wildman–Crippen LogP) is -0.0389. The van der Waals surface area contributed by atoms with Crippen molar-refractivity contribution < 1.29 is 9.53 Å². The fourth-order valence-corrected chi connectivity index (χ4v) is 1.97. The molecule has 0 radical (unpaired) electrons. The third-order valence-corrected chi connectivity index (χ3v) is 3.79. The van der Waals surface area contributed by atoms with Crippen LogP contribution in [0.1, 0.15) is 20.8 Å². The van der Waals surface area contributed by atoms with Crippen molar-refractivity contribution in [3.8, 4) is 6.07 Å². The summed E-state index contributed by atoms with van der Waals surface area (Å²) in [5.74, 6) is -0.0984. The summed E-state index contributed by atoms with van der Waals surface area (Å²) in [4.78, 5) is 14.1. The van der Waals surface area contributed by atoms with Crippen molar-refractivity contribution in [1.29, 1.82) is 5.26 Å². The minimum absolute atomic E-state index is 0.0618. The number of likely N-dealkylation sites (N-methyl/N-ethyl adjacent to an activating group) is 1. The quantitative estimate of drug-likeness (QED) is 0.715. The topological polar surface area (TPSA) is 77.4 Å². The Bertz CT molecular complexity index is 367. The second-order valence-electron chi connectivity index (χ2n) is 5.90. The third kappa shape index (κ3) is 5.08. The number of morpholine rings is 1. The molecule has 2 N–H and O–H groups in total. The minimum atomic E-state index is -0.819. The van der Waals surface area contributed by atoms with Crippen molar-refractivity contribution >= 4 is 5.91 Å². The van der Waals surface area contributed by atoms with Gasteiger partial charge in [0, 0.05) is 19.6 Å². The second-order valence-corrected chi connectivity index (χ2v) is 5.90. The fourth-order valence-electron chi connectivity index (χ4n) is 1.97. The summed E-state index contributed by atoms with van der Waals surface area (Å²) in [6.45, 7) is 8.98. The number of carbonyl (C=O) groups is 1. The number of hydrogen-bond acceptors (Lipinski definition) is 5. The molecule has 0 spiro atoms. The molecule has 1 fully saturated rings. The van der Waals surface area contributed by atoms with E-state index in [2.05, 4.69) is 28.7 Å². The van der Waals surface area contributed by atoms with Crippen LogP contribution in [-0.4, -0.2) is 62.3 Å². The van der Waals surface area contributed by atoms with Crippen LogP contribution in [-0.2, 0) is 9.53 Å². The lowest BCUT2D eigenvalue weighted by Crippen LogP contribution is -2.52. The van der Waals surface area contributed by atoms with Crippen molar-refractivity contribution in [3.63, 3.8) is 0 Å². The summed E-state index contributed by atoms with van der Waals surface area (Å²) in [5.41, 5.74) is -0.819. The molecule has 2 atom stereocenters. The standard InChI is InChI=1S/C14H26N4O2/c1-11(2)14(3,10-15)17-13(19)8-16-7-12-9-18(4)5-6-20-12/h11-12,16H,5-9H2,1-4H3,(H,17,19)/t12-,14+/m1/s1. The zero-order valence-corrected chi connectivity index (χ0v) is 12.9. The summed E-state index contributed by atoms with van der Waals surface area (Å²) in [7, 11) is 2.06. The highest BCUT2D eigenvalue weighted by Crippen LogP contribution is 2.14. The first kappa shape index (κ1) is 16.9. The molecule has 0 unspecified atom stereocenters. The maximum atomic E-state index is 11.9. The molecule has 1 heterocycles. The number of nitriles is 1. The first-order valence-electron chi connectivity index (χ1n) is 7.10. The van der Waals surface area contributed by atoms with E-state index in [0.29, 0.717) is 6.54 Å². The van der Waals surface area contributed by atoms with E-state index in [4.69, 9.17) is 10.00 Å². The molecule has 114 valence electrons. The van der Waals surface area contributed by atoms with Gasteiger partial charge in [-0.2, -0.15) is 5.26 Å². The van der Waals surface area contributed by atoms with E-state index in [-0.39, 0.29) is 24.5 Å². The third-order valence-electron chi connectivity index (χ3n) is 3.79. The molecule has 1 amide bonds. The number of carbonyl (C=O) groups excluding carboxylic acids is 1. The van der Waals surface area contributed by atoms with Gasteiger partial charge in [-0.15, -0.1) is 0 Å². The number of ether oxygens (including phenoxy) is 1. The van der Waals surface area contributed by atoms with Crippen LogP contribution in [0.25, 0.3) is 0 Å². The van der Waals surface area contributed by atoms with Crippen molar-refractivity contribution in [2.24, 2.45) is 5.92 Å². The molecular formula is C14H26N4O2. The lowest BCUT2D eigenvalue weighted by Gasteiger charge is -2.30. The maximum absolute atomic E-state index is 11.9. The molecule has 0 aliphatic carbocycles.